The Labute approximate surface area is 89.6 Å². The first-order chi connectivity index (χ1) is 7.22. The Bertz CT molecular complexity index is 196. The smallest absolute Gasteiger partial charge is 0.343 e. The van der Waals surface area contributed by atoms with Gasteiger partial charge in [0.15, 0.2) is 0 Å². The van der Waals surface area contributed by atoms with Crippen LogP contribution in [0.2, 0.25) is 0 Å². The lowest BCUT2D eigenvalue weighted by atomic mass is 10.0. The second-order valence-electron chi connectivity index (χ2n) is 4.05. The van der Waals surface area contributed by atoms with E-state index >= 15 is 0 Å². The summed E-state index contributed by atoms with van der Waals surface area (Å²) in [6, 6.07) is 0. The quantitative estimate of drug-likeness (QED) is 0.632. The summed E-state index contributed by atoms with van der Waals surface area (Å²) in [5.74, 6) is -0.914. The number of aliphatic hydroxyl groups is 1. The molecular formula is C11H19FO3. The first kappa shape index (κ1) is 12.4. The fourth-order valence-electron chi connectivity index (χ4n) is 1.72. The molecule has 0 aromatic rings. The van der Waals surface area contributed by atoms with Gasteiger partial charge >= 0.3 is 5.97 Å². The molecular weight excluding hydrogens is 199 g/mol. The second-order valence-corrected chi connectivity index (χ2v) is 4.05. The van der Waals surface area contributed by atoms with Gasteiger partial charge < -0.3 is 9.84 Å². The Kier molecular flexibility index (Phi) is 5.61. The molecule has 3 nitrogen and oxygen atoms in total. The number of ether oxygens (including phenoxy) is 1. The average Bonchev–Trinajstić information content (AvgIpc) is 2.23. The summed E-state index contributed by atoms with van der Waals surface area (Å²) in [5, 5.41) is 9.36. The molecule has 1 aliphatic heterocycles. The topological polar surface area (TPSA) is 46.5 Å². The predicted octanol–water partition coefficient (Wildman–Crippen LogP) is 1.97. The largest absolute Gasteiger partial charge is 0.463 e. The molecule has 0 amide bonds. The number of alkyl halides is 1. The monoisotopic (exact) mass is 218 g/mol. The minimum Gasteiger partial charge on any atom is -0.463 e. The zero-order valence-corrected chi connectivity index (χ0v) is 8.95. The molecule has 0 spiro atoms. The Morgan fingerprint density at radius 3 is 2.47 bits per heavy atom. The summed E-state index contributed by atoms with van der Waals surface area (Å²) in [4.78, 5) is 11.1. The summed E-state index contributed by atoms with van der Waals surface area (Å²) >= 11 is 0. The average molecular weight is 218 g/mol. The van der Waals surface area contributed by atoms with Crippen LogP contribution in [0.3, 0.4) is 0 Å². The van der Waals surface area contributed by atoms with Gasteiger partial charge in [-0.05, 0) is 12.8 Å². The highest BCUT2D eigenvalue weighted by molar-refractivity contribution is 5.75. The SMILES string of the molecule is O=C1OCCCCCCCCC(O)C1F. The zero-order chi connectivity index (χ0) is 11.1. The fourth-order valence-corrected chi connectivity index (χ4v) is 1.72. The van der Waals surface area contributed by atoms with Crippen molar-refractivity contribution in [1.82, 2.24) is 0 Å². The predicted molar refractivity (Wildman–Crippen MR) is 54.2 cm³/mol. The van der Waals surface area contributed by atoms with Crippen LogP contribution in [0.5, 0.6) is 0 Å². The molecule has 1 fully saturated rings. The number of carbonyl (C=O) groups excluding carboxylic acids is 1. The van der Waals surface area contributed by atoms with Crippen LogP contribution in [-0.4, -0.2) is 30.0 Å². The summed E-state index contributed by atoms with van der Waals surface area (Å²) in [5.41, 5.74) is 0. The highest BCUT2D eigenvalue weighted by atomic mass is 19.1. The Morgan fingerprint density at radius 2 is 1.73 bits per heavy atom. The van der Waals surface area contributed by atoms with E-state index in [4.69, 9.17) is 4.74 Å². The van der Waals surface area contributed by atoms with E-state index in [0.29, 0.717) is 6.42 Å². The van der Waals surface area contributed by atoms with E-state index < -0.39 is 18.2 Å². The molecule has 1 saturated heterocycles. The second kappa shape index (κ2) is 6.77. The van der Waals surface area contributed by atoms with E-state index in [0.717, 1.165) is 38.5 Å². The summed E-state index contributed by atoms with van der Waals surface area (Å²) < 4.78 is 18.0. The normalized spacial score (nSPS) is 31.2. The van der Waals surface area contributed by atoms with Gasteiger partial charge in [0.1, 0.15) is 0 Å². The fraction of sp³-hybridized carbons (Fsp3) is 0.909. The molecule has 1 rings (SSSR count). The summed E-state index contributed by atoms with van der Waals surface area (Å²) in [6.07, 6.45) is 3.08. The van der Waals surface area contributed by atoms with E-state index in [-0.39, 0.29) is 6.61 Å². The van der Waals surface area contributed by atoms with Crippen molar-refractivity contribution < 1.29 is 19.0 Å². The van der Waals surface area contributed by atoms with Gasteiger partial charge in [-0.3, -0.25) is 0 Å². The third kappa shape index (κ3) is 4.60. The van der Waals surface area contributed by atoms with Gasteiger partial charge in [0.05, 0.1) is 12.7 Å². The molecule has 0 aromatic heterocycles. The van der Waals surface area contributed by atoms with Crippen molar-refractivity contribution in [1.29, 1.82) is 0 Å². The number of carbonyl (C=O) groups is 1. The van der Waals surface area contributed by atoms with Crippen LogP contribution >= 0.6 is 0 Å². The maximum Gasteiger partial charge on any atom is 0.343 e. The van der Waals surface area contributed by atoms with Crippen molar-refractivity contribution in [3.63, 3.8) is 0 Å². The molecule has 0 bridgehead atoms. The molecule has 0 aromatic carbocycles. The molecule has 2 atom stereocenters. The Morgan fingerprint density at radius 1 is 1.13 bits per heavy atom. The van der Waals surface area contributed by atoms with Crippen LogP contribution in [0, 0.1) is 0 Å². The van der Waals surface area contributed by atoms with Crippen LogP contribution in [0.4, 0.5) is 4.39 Å². The van der Waals surface area contributed by atoms with E-state index in [1.54, 1.807) is 0 Å². The van der Waals surface area contributed by atoms with E-state index in [1.165, 1.54) is 0 Å². The lowest BCUT2D eigenvalue weighted by Crippen LogP contribution is -2.32. The lowest BCUT2D eigenvalue weighted by Gasteiger charge is -2.15. The standard InChI is InChI=1S/C11H19FO3/c12-10-9(13)7-5-3-1-2-4-6-8-15-11(10)14/h9-10,13H,1-8H2. The van der Waals surface area contributed by atoms with Gasteiger partial charge in [0.25, 0.3) is 0 Å². The molecule has 4 heteroatoms. The third-order valence-electron chi connectivity index (χ3n) is 2.70. The molecule has 1 aliphatic rings. The van der Waals surface area contributed by atoms with Crippen molar-refractivity contribution in [3.05, 3.63) is 0 Å². The highest BCUT2D eigenvalue weighted by Gasteiger charge is 2.27. The van der Waals surface area contributed by atoms with E-state index in [1.807, 2.05) is 0 Å². The van der Waals surface area contributed by atoms with Crippen molar-refractivity contribution in [2.45, 2.75) is 57.2 Å². The van der Waals surface area contributed by atoms with Gasteiger partial charge in [-0.2, -0.15) is 0 Å². The maximum atomic E-state index is 13.2. The molecule has 15 heavy (non-hydrogen) atoms. The highest BCUT2D eigenvalue weighted by Crippen LogP contribution is 2.14. The number of cyclic esters (lactones) is 1. The number of hydrogen-bond acceptors (Lipinski definition) is 3. The number of rotatable bonds is 0. The van der Waals surface area contributed by atoms with Crippen LogP contribution in [-0.2, 0) is 9.53 Å². The minimum absolute atomic E-state index is 0.270. The van der Waals surface area contributed by atoms with Gasteiger partial charge in [-0.25, -0.2) is 9.18 Å². The number of hydrogen-bond donors (Lipinski definition) is 1. The third-order valence-corrected chi connectivity index (χ3v) is 2.70. The van der Waals surface area contributed by atoms with Crippen LogP contribution in [0.25, 0.3) is 0 Å². The van der Waals surface area contributed by atoms with Crippen LogP contribution in [0.15, 0.2) is 0 Å². The molecule has 1 N–H and O–H groups in total. The maximum absolute atomic E-state index is 13.2. The number of esters is 1. The first-order valence-electron chi connectivity index (χ1n) is 5.70. The summed E-state index contributed by atoms with van der Waals surface area (Å²) in [6.45, 7) is 0.270. The van der Waals surface area contributed by atoms with Crippen LogP contribution in [0.1, 0.15) is 44.9 Å². The zero-order valence-electron chi connectivity index (χ0n) is 8.95. The molecule has 0 radical (unpaired) electrons. The minimum atomic E-state index is -1.87. The Hall–Kier alpha value is -0.640. The van der Waals surface area contributed by atoms with E-state index in [2.05, 4.69) is 0 Å². The van der Waals surface area contributed by atoms with Crippen molar-refractivity contribution in [3.8, 4) is 0 Å². The Balaban J connectivity index is 2.40. The number of halogens is 1. The van der Waals surface area contributed by atoms with Gasteiger partial charge in [0.2, 0.25) is 6.17 Å². The summed E-state index contributed by atoms with van der Waals surface area (Å²) in [7, 11) is 0. The molecule has 0 aliphatic carbocycles. The first-order valence-corrected chi connectivity index (χ1v) is 5.70. The number of aliphatic hydroxyl groups excluding tert-OH is 1. The van der Waals surface area contributed by atoms with E-state index in [9.17, 15) is 14.3 Å². The molecule has 0 saturated carbocycles. The van der Waals surface area contributed by atoms with Crippen molar-refractivity contribution >= 4 is 5.97 Å². The van der Waals surface area contributed by atoms with Gasteiger partial charge in [-0.15, -0.1) is 0 Å². The molecule has 1 heterocycles. The lowest BCUT2D eigenvalue weighted by molar-refractivity contribution is -0.154. The van der Waals surface area contributed by atoms with Crippen molar-refractivity contribution in [2.24, 2.45) is 0 Å². The van der Waals surface area contributed by atoms with Gasteiger partial charge in [0, 0.05) is 0 Å². The van der Waals surface area contributed by atoms with Gasteiger partial charge in [-0.1, -0.05) is 32.1 Å². The van der Waals surface area contributed by atoms with Crippen molar-refractivity contribution in [2.75, 3.05) is 6.61 Å². The molecule has 88 valence electrons. The molecule has 2 unspecified atom stereocenters. The van der Waals surface area contributed by atoms with Crippen LogP contribution < -0.4 is 0 Å².